The number of fused-ring (bicyclic) bond motifs is 1. The van der Waals surface area contributed by atoms with Gasteiger partial charge in [-0.1, -0.05) is 5.21 Å². The van der Waals surface area contributed by atoms with Crippen LogP contribution in [0.2, 0.25) is 0 Å². The van der Waals surface area contributed by atoms with Crippen molar-refractivity contribution in [2.45, 2.75) is 6.54 Å². The highest BCUT2D eigenvalue weighted by molar-refractivity contribution is 7.14. The van der Waals surface area contributed by atoms with Crippen LogP contribution in [0.3, 0.4) is 0 Å². The summed E-state index contributed by atoms with van der Waals surface area (Å²) in [6.45, 7) is -0.343. The maximum atomic E-state index is 13.4. The summed E-state index contributed by atoms with van der Waals surface area (Å²) in [6, 6.07) is 3.38. The molecule has 4 rings (SSSR count). The van der Waals surface area contributed by atoms with E-state index in [9.17, 15) is 23.2 Å². The molecule has 0 fully saturated rings. The Morgan fingerprint density at radius 2 is 1.93 bits per heavy atom. The lowest BCUT2D eigenvalue weighted by Crippen LogP contribution is -2.38. The predicted octanol–water partition coefficient (Wildman–Crippen LogP) is 0.869. The van der Waals surface area contributed by atoms with Gasteiger partial charge in [0.05, 0.1) is 5.69 Å². The van der Waals surface area contributed by atoms with Gasteiger partial charge in [0.25, 0.3) is 5.56 Å². The van der Waals surface area contributed by atoms with Crippen molar-refractivity contribution in [3.8, 4) is 11.3 Å². The highest BCUT2D eigenvalue weighted by atomic mass is 32.1. The van der Waals surface area contributed by atoms with Crippen LogP contribution < -0.4 is 16.6 Å². The number of thiazole rings is 1. The van der Waals surface area contributed by atoms with Gasteiger partial charge < -0.3 is 5.32 Å². The minimum Gasteiger partial charge on any atom is -0.300 e. The van der Waals surface area contributed by atoms with Crippen LogP contribution in [0.15, 0.2) is 33.2 Å². The van der Waals surface area contributed by atoms with Crippen molar-refractivity contribution in [3.63, 3.8) is 0 Å². The third kappa shape index (κ3) is 3.28. The Kier molecular flexibility index (Phi) is 4.73. The second-order valence-corrected chi connectivity index (χ2v) is 7.20. The highest BCUT2D eigenvalue weighted by Gasteiger charge is 2.18. The third-order valence-corrected chi connectivity index (χ3v) is 5.13. The van der Waals surface area contributed by atoms with Gasteiger partial charge in [-0.3, -0.25) is 18.7 Å². The number of amides is 1. The summed E-state index contributed by atoms with van der Waals surface area (Å²) >= 11 is 1.09. The zero-order valence-corrected chi connectivity index (χ0v) is 16.4. The first-order chi connectivity index (χ1) is 14.3. The normalized spacial score (nSPS) is 11.2. The zero-order valence-electron chi connectivity index (χ0n) is 15.6. The molecule has 0 aliphatic carbocycles. The Bertz CT molecular complexity index is 1420. The van der Waals surface area contributed by atoms with Gasteiger partial charge in [0, 0.05) is 25.0 Å². The van der Waals surface area contributed by atoms with Crippen LogP contribution in [-0.2, 0) is 25.4 Å². The van der Waals surface area contributed by atoms with Gasteiger partial charge >= 0.3 is 5.69 Å². The maximum absolute atomic E-state index is 13.4. The van der Waals surface area contributed by atoms with Gasteiger partial charge in [0.1, 0.15) is 6.54 Å². The molecule has 1 amide bonds. The smallest absolute Gasteiger partial charge is 0.300 e. The number of halogens is 2. The van der Waals surface area contributed by atoms with Crippen LogP contribution >= 0.6 is 11.3 Å². The van der Waals surface area contributed by atoms with Crippen LogP contribution in [0.1, 0.15) is 0 Å². The molecule has 30 heavy (non-hydrogen) atoms. The summed E-state index contributed by atoms with van der Waals surface area (Å²) in [7, 11) is 2.76. The molecule has 0 saturated carbocycles. The summed E-state index contributed by atoms with van der Waals surface area (Å²) in [5.41, 5.74) is -0.388. The molecule has 10 nitrogen and oxygen atoms in total. The molecule has 1 N–H and O–H groups in total. The number of benzene rings is 1. The van der Waals surface area contributed by atoms with Crippen molar-refractivity contribution < 1.29 is 13.6 Å². The predicted molar refractivity (Wildman–Crippen MR) is 104 cm³/mol. The van der Waals surface area contributed by atoms with E-state index in [0.717, 1.165) is 37.3 Å². The van der Waals surface area contributed by atoms with E-state index in [2.05, 4.69) is 20.6 Å². The Morgan fingerprint density at radius 1 is 1.17 bits per heavy atom. The standard InChI is InChI=1S/C17H13F2N7O3S/c1-24-14-13(15(28)25(2)17(24)29)26(23-22-14)6-12(27)21-16-20-11(7-30-16)8-3-4-9(18)10(19)5-8/h3-5,7H,6H2,1-2H3,(H,20,21,27). The fourth-order valence-corrected chi connectivity index (χ4v) is 3.56. The maximum Gasteiger partial charge on any atom is 0.332 e. The van der Waals surface area contributed by atoms with E-state index in [0.29, 0.717) is 11.3 Å². The van der Waals surface area contributed by atoms with Gasteiger partial charge in [-0.25, -0.2) is 23.2 Å². The van der Waals surface area contributed by atoms with Crippen molar-refractivity contribution in [2.75, 3.05) is 5.32 Å². The number of nitrogens with zero attached hydrogens (tertiary/aromatic N) is 6. The number of carbonyl (C=O) groups excluding carboxylic acids is 1. The molecule has 0 bridgehead atoms. The Hall–Kier alpha value is -3.74. The number of nitrogens with one attached hydrogen (secondary N) is 1. The Morgan fingerprint density at radius 3 is 2.67 bits per heavy atom. The minimum atomic E-state index is -1.000. The van der Waals surface area contributed by atoms with Crippen molar-refractivity contribution in [1.29, 1.82) is 0 Å². The van der Waals surface area contributed by atoms with Crippen molar-refractivity contribution >= 4 is 33.5 Å². The molecule has 0 aliphatic rings. The number of anilines is 1. The topological polar surface area (TPSA) is 117 Å². The van der Waals surface area contributed by atoms with E-state index < -0.39 is 28.8 Å². The van der Waals surface area contributed by atoms with E-state index >= 15 is 0 Å². The monoisotopic (exact) mass is 433 g/mol. The molecular weight excluding hydrogens is 420 g/mol. The van der Waals surface area contributed by atoms with Gasteiger partial charge in [-0.05, 0) is 18.2 Å². The van der Waals surface area contributed by atoms with Crippen molar-refractivity contribution in [2.24, 2.45) is 14.1 Å². The van der Waals surface area contributed by atoms with Crippen molar-refractivity contribution in [1.82, 2.24) is 29.1 Å². The van der Waals surface area contributed by atoms with E-state index in [1.807, 2.05) is 0 Å². The fourth-order valence-electron chi connectivity index (χ4n) is 2.82. The molecule has 0 aliphatic heterocycles. The number of rotatable bonds is 4. The first-order valence-electron chi connectivity index (χ1n) is 8.46. The average Bonchev–Trinajstić information content (AvgIpc) is 3.34. The summed E-state index contributed by atoms with van der Waals surface area (Å²) in [5.74, 6) is -2.50. The molecule has 0 unspecified atom stereocenters. The summed E-state index contributed by atoms with van der Waals surface area (Å²) < 4.78 is 29.6. The third-order valence-electron chi connectivity index (χ3n) is 4.38. The molecule has 13 heteroatoms. The quantitative estimate of drug-likeness (QED) is 0.511. The molecule has 4 aromatic rings. The van der Waals surface area contributed by atoms with Gasteiger partial charge in [0.2, 0.25) is 5.91 Å². The van der Waals surface area contributed by atoms with Gasteiger partial charge in [-0.15, -0.1) is 16.4 Å². The molecule has 1 aromatic carbocycles. The molecular formula is C17H13F2N7O3S. The second-order valence-electron chi connectivity index (χ2n) is 6.34. The summed E-state index contributed by atoms with van der Waals surface area (Å²) in [5, 5.41) is 12.0. The van der Waals surface area contributed by atoms with E-state index in [-0.39, 0.29) is 22.8 Å². The largest absolute Gasteiger partial charge is 0.332 e. The van der Waals surface area contributed by atoms with Crippen LogP contribution in [0.5, 0.6) is 0 Å². The molecule has 0 radical (unpaired) electrons. The lowest BCUT2D eigenvalue weighted by Gasteiger charge is -2.05. The molecule has 154 valence electrons. The van der Waals surface area contributed by atoms with Gasteiger partial charge in [-0.2, -0.15) is 0 Å². The summed E-state index contributed by atoms with van der Waals surface area (Å²) in [6.07, 6.45) is 0. The average molecular weight is 433 g/mol. The van der Waals surface area contributed by atoms with Crippen LogP contribution in [0.25, 0.3) is 22.4 Å². The van der Waals surface area contributed by atoms with Crippen LogP contribution in [0, 0.1) is 11.6 Å². The first kappa shape index (κ1) is 19.6. The molecule has 0 spiro atoms. The second kappa shape index (κ2) is 7.26. The van der Waals surface area contributed by atoms with E-state index in [1.165, 1.54) is 20.2 Å². The molecule has 3 aromatic heterocycles. The number of aryl methyl sites for hydroxylation is 1. The zero-order chi connectivity index (χ0) is 21.6. The van der Waals surface area contributed by atoms with Crippen LogP contribution in [0.4, 0.5) is 13.9 Å². The lowest BCUT2D eigenvalue weighted by molar-refractivity contribution is -0.116. The number of aromatic nitrogens is 6. The molecule has 0 atom stereocenters. The Labute approximate surface area is 170 Å². The lowest BCUT2D eigenvalue weighted by atomic mass is 10.2. The van der Waals surface area contributed by atoms with Crippen LogP contribution in [-0.4, -0.2) is 35.0 Å². The molecule has 3 heterocycles. The van der Waals surface area contributed by atoms with E-state index in [4.69, 9.17) is 0 Å². The van der Waals surface area contributed by atoms with E-state index in [1.54, 1.807) is 5.38 Å². The number of hydrogen-bond acceptors (Lipinski definition) is 7. The Balaban J connectivity index is 1.56. The highest BCUT2D eigenvalue weighted by Crippen LogP contribution is 2.26. The fraction of sp³-hybridized carbons (Fsp3) is 0.176. The first-order valence-corrected chi connectivity index (χ1v) is 9.34. The molecule has 0 saturated heterocycles. The number of hydrogen-bond donors (Lipinski definition) is 1. The summed E-state index contributed by atoms with van der Waals surface area (Å²) in [4.78, 5) is 40.9. The SMILES string of the molecule is Cn1c(=O)c2c(nnn2CC(=O)Nc2nc(-c3ccc(F)c(F)c3)cs2)n(C)c1=O. The number of carbonyl (C=O) groups is 1. The van der Waals surface area contributed by atoms with Crippen molar-refractivity contribution in [3.05, 3.63) is 56.1 Å². The van der Waals surface area contributed by atoms with Gasteiger partial charge in [0.15, 0.2) is 27.9 Å². The minimum absolute atomic E-state index is 0.0105.